The largest absolute Gasteiger partial charge is 0.497 e. The molecule has 0 radical (unpaired) electrons. The van der Waals surface area contributed by atoms with Gasteiger partial charge in [0.1, 0.15) is 5.75 Å². The highest BCUT2D eigenvalue weighted by atomic mass is 16.7. The van der Waals surface area contributed by atoms with Crippen molar-refractivity contribution in [2.75, 3.05) is 26.9 Å². The van der Waals surface area contributed by atoms with E-state index in [1.54, 1.807) is 13.2 Å². The first kappa shape index (κ1) is 19.8. The molecular formula is C20H25NO5. The summed E-state index contributed by atoms with van der Waals surface area (Å²) in [6.07, 6.45) is 8.44. The predicted octanol–water partition coefficient (Wildman–Crippen LogP) is 1.95. The number of rotatable bonds is 9. The second-order valence-corrected chi connectivity index (χ2v) is 5.88. The van der Waals surface area contributed by atoms with Crippen LogP contribution in [0, 0.1) is 12.3 Å². The molecule has 2 atom stereocenters. The van der Waals surface area contributed by atoms with Crippen LogP contribution in [-0.2, 0) is 14.3 Å². The Morgan fingerprint density at radius 1 is 1.38 bits per heavy atom. The number of hydrogen-bond acceptors (Lipinski definition) is 5. The highest BCUT2D eigenvalue weighted by Crippen LogP contribution is 2.32. The fourth-order valence-electron chi connectivity index (χ4n) is 2.65. The minimum atomic E-state index is -0.530. The number of nitrogens with one attached hydrogen (secondary N) is 1. The quantitative estimate of drug-likeness (QED) is 0.521. The molecule has 0 bridgehead atoms. The zero-order valence-corrected chi connectivity index (χ0v) is 14.9. The van der Waals surface area contributed by atoms with Crippen molar-refractivity contribution in [3.8, 4) is 18.1 Å². The molecule has 0 aliphatic carbocycles. The molecule has 1 aliphatic heterocycles. The summed E-state index contributed by atoms with van der Waals surface area (Å²) < 4.78 is 16.6. The van der Waals surface area contributed by atoms with E-state index in [4.69, 9.17) is 25.7 Å². The average molecular weight is 359 g/mol. The van der Waals surface area contributed by atoms with Gasteiger partial charge < -0.3 is 24.6 Å². The van der Waals surface area contributed by atoms with Gasteiger partial charge in [-0.2, -0.15) is 0 Å². The van der Waals surface area contributed by atoms with Crippen molar-refractivity contribution in [2.24, 2.45) is 0 Å². The molecule has 0 fully saturated rings. The Morgan fingerprint density at radius 2 is 2.15 bits per heavy atom. The monoisotopic (exact) mass is 359 g/mol. The number of benzene rings is 1. The maximum atomic E-state index is 12.2. The van der Waals surface area contributed by atoms with Crippen molar-refractivity contribution < 1.29 is 24.1 Å². The zero-order chi connectivity index (χ0) is 18.8. The first-order valence-electron chi connectivity index (χ1n) is 8.64. The molecular weight excluding hydrogens is 334 g/mol. The van der Waals surface area contributed by atoms with E-state index in [1.165, 1.54) is 0 Å². The topological polar surface area (TPSA) is 77.0 Å². The first-order chi connectivity index (χ1) is 12.7. The van der Waals surface area contributed by atoms with E-state index in [0.29, 0.717) is 19.4 Å². The maximum absolute atomic E-state index is 12.2. The molecule has 0 saturated heterocycles. The number of allylic oxidation sites excluding steroid dienone is 1. The van der Waals surface area contributed by atoms with Crippen LogP contribution >= 0.6 is 0 Å². The van der Waals surface area contributed by atoms with E-state index in [2.05, 4.69) is 11.2 Å². The second-order valence-electron chi connectivity index (χ2n) is 5.88. The third-order valence-corrected chi connectivity index (χ3v) is 4.03. The molecule has 0 unspecified atom stereocenters. The van der Waals surface area contributed by atoms with Gasteiger partial charge in [0.25, 0.3) is 5.91 Å². The van der Waals surface area contributed by atoms with Crippen LogP contribution in [0.4, 0.5) is 0 Å². The molecule has 1 aliphatic rings. The zero-order valence-electron chi connectivity index (χ0n) is 14.9. The Kier molecular flexibility index (Phi) is 8.00. The Labute approximate surface area is 154 Å². The van der Waals surface area contributed by atoms with Crippen LogP contribution < -0.4 is 10.1 Å². The molecule has 1 heterocycles. The van der Waals surface area contributed by atoms with E-state index in [-0.39, 0.29) is 30.7 Å². The normalized spacial score (nSPS) is 19.0. The van der Waals surface area contributed by atoms with Gasteiger partial charge in [0.15, 0.2) is 5.76 Å². The van der Waals surface area contributed by atoms with E-state index < -0.39 is 6.29 Å². The van der Waals surface area contributed by atoms with Crippen LogP contribution in [0.5, 0.6) is 5.75 Å². The Hall–Kier alpha value is -2.49. The van der Waals surface area contributed by atoms with Crippen molar-refractivity contribution in [1.82, 2.24) is 5.32 Å². The number of unbranched alkanes of at least 4 members (excludes halogenated alkanes) is 1. The number of aliphatic hydroxyl groups excluding tert-OH is 1. The summed E-state index contributed by atoms with van der Waals surface area (Å²) in [7, 11) is 1.62. The summed E-state index contributed by atoms with van der Waals surface area (Å²) >= 11 is 0. The van der Waals surface area contributed by atoms with E-state index >= 15 is 0 Å². The number of amides is 1. The van der Waals surface area contributed by atoms with Crippen LogP contribution in [0.3, 0.4) is 0 Å². The van der Waals surface area contributed by atoms with Gasteiger partial charge >= 0.3 is 0 Å². The van der Waals surface area contributed by atoms with Crippen molar-refractivity contribution in [2.45, 2.75) is 31.5 Å². The summed E-state index contributed by atoms with van der Waals surface area (Å²) in [5, 5.41) is 11.5. The van der Waals surface area contributed by atoms with E-state index in [9.17, 15) is 4.79 Å². The van der Waals surface area contributed by atoms with E-state index in [1.807, 2.05) is 24.3 Å². The van der Waals surface area contributed by atoms with Crippen LogP contribution in [-0.4, -0.2) is 44.2 Å². The van der Waals surface area contributed by atoms with Crippen LogP contribution in [0.25, 0.3) is 0 Å². The Bertz CT molecular complexity index is 647. The average Bonchev–Trinajstić information content (AvgIpc) is 2.69. The molecule has 2 N–H and O–H groups in total. The lowest BCUT2D eigenvalue weighted by Gasteiger charge is -2.29. The lowest BCUT2D eigenvalue weighted by Crippen LogP contribution is -2.33. The lowest BCUT2D eigenvalue weighted by molar-refractivity contribution is -0.146. The van der Waals surface area contributed by atoms with E-state index in [0.717, 1.165) is 17.7 Å². The molecule has 2 rings (SSSR count). The molecule has 0 aromatic heterocycles. The molecule has 140 valence electrons. The third-order valence-electron chi connectivity index (χ3n) is 4.03. The standard InChI is InChI=1S/C20H25NO5/c1-3-10-21-20(23)18-13-16(15-6-8-17(24-2)9-7-15)14-19(26-18)25-12-5-4-11-22/h1,6-9,13,16,19,22H,4-5,10-12,14H2,2H3,(H,21,23)/t16-,19+/m1/s1. The molecule has 1 aromatic carbocycles. The molecule has 6 nitrogen and oxygen atoms in total. The van der Waals surface area contributed by atoms with Crippen LogP contribution in [0.15, 0.2) is 36.1 Å². The van der Waals surface area contributed by atoms with Gasteiger partial charge in [0, 0.05) is 18.9 Å². The summed E-state index contributed by atoms with van der Waals surface area (Å²) in [6, 6.07) is 7.69. The first-order valence-corrected chi connectivity index (χ1v) is 8.64. The fourth-order valence-corrected chi connectivity index (χ4v) is 2.65. The summed E-state index contributed by atoms with van der Waals surface area (Å²) in [5.41, 5.74) is 1.04. The molecule has 0 saturated carbocycles. The SMILES string of the molecule is C#CCNC(=O)C1=C[C@@H](c2ccc(OC)cc2)C[C@@H](OCCCCO)O1. The van der Waals surface area contributed by atoms with Gasteiger partial charge in [-0.1, -0.05) is 18.1 Å². The molecule has 1 aromatic rings. The number of hydrogen-bond donors (Lipinski definition) is 2. The summed E-state index contributed by atoms with van der Waals surface area (Å²) in [5.74, 6) is 2.97. The number of terminal acetylenes is 1. The number of aliphatic hydroxyl groups is 1. The Morgan fingerprint density at radius 3 is 2.81 bits per heavy atom. The van der Waals surface area contributed by atoms with Crippen molar-refractivity contribution in [3.63, 3.8) is 0 Å². The molecule has 6 heteroatoms. The minimum Gasteiger partial charge on any atom is -0.497 e. The third kappa shape index (κ3) is 5.80. The summed E-state index contributed by atoms with van der Waals surface area (Å²) in [4.78, 5) is 12.2. The van der Waals surface area contributed by atoms with Crippen molar-refractivity contribution in [1.29, 1.82) is 0 Å². The van der Waals surface area contributed by atoms with Gasteiger partial charge in [-0.05, 0) is 36.6 Å². The number of carbonyl (C=O) groups is 1. The summed E-state index contributed by atoms with van der Waals surface area (Å²) in [6.45, 7) is 0.720. The highest BCUT2D eigenvalue weighted by molar-refractivity contribution is 5.91. The fraction of sp³-hybridized carbons (Fsp3) is 0.450. The van der Waals surface area contributed by atoms with Gasteiger partial charge in [0.2, 0.25) is 6.29 Å². The van der Waals surface area contributed by atoms with Gasteiger partial charge in [0.05, 0.1) is 20.3 Å². The molecule has 0 spiro atoms. The smallest absolute Gasteiger partial charge is 0.286 e. The van der Waals surface area contributed by atoms with Crippen molar-refractivity contribution in [3.05, 3.63) is 41.7 Å². The molecule has 26 heavy (non-hydrogen) atoms. The van der Waals surface area contributed by atoms with Crippen LogP contribution in [0.2, 0.25) is 0 Å². The molecule has 1 amide bonds. The lowest BCUT2D eigenvalue weighted by atomic mass is 9.93. The minimum absolute atomic E-state index is 0.0240. The number of ether oxygens (including phenoxy) is 3. The highest BCUT2D eigenvalue weighted by Gasteiger charge is 2.28. The number of methoxy groups -OCH3 is 1. The van der Waals surface area contributed by atoms with Gasteiger partial charge in [-0.25, -0.2) is 0 Å². The predicted molar refractivity (Wildman–Crippen MR) is 97.4 cm³/mol. The number of carbonyl (C=O) groups excluding carboxylic acids is 1. The van der Waals surface area contributed by atoms with Gasteiger partial charge in [-0.3, -0.25) is 4.79 Å². The maximum Gasteiger partial charge on any atom is 0.286 e. The van der Waals surface area contributed by atoms with Crippen LogP contribution in [0.1, 0.15) is 30.7 Å². The van der Waals surface area contributed by atoms with Crippen molar-refractivity contribution >= 4 is 5.91 Å². The van der Waals surface area contributed by atoms with Gasteiger partial charge in [-0.15, -0.1) is 6.42 Å². The second kappa shape index (κ2) is 10.5. The Balaban J connectivity index is 2.11.